The quantitative estimate of drug-likeness (QED) is 0.727. The van der Waals surface area contributed by atoms with Gasteiger partial charge in [0.15, 0.2) is 0 Å². The van der Waals surface area contributed by atoms with E-state index in [1.165, 1.54) is 6.92 Å². The standard InChI is InChI=1S/C15H21N3O3/c1-10(19)17-9-11-4-6-18(7-5-11)12-2-3-14(16)13(8-12)15(20)21/h2-3,8,11H,4-7,9,16H2,1H3,(H,17,19)(H,20,21). The van der Waals surface area contributed by atoms with Gasteiger partial charge in [-0.3, -0.25) is 4.79 Å². The second kappa shape index (κ2) is 6.47. The Morgan fingerprint density at radius 2 is 2.05 bits per heavy atom. The van der Waals surface area contributed by atoms with Crippen molar-refractivity contribution in [3.8, 4) is 0 Å². The number of amides is 1. The maximum absolute atomic E-state index is 11.1. The Hall–Kier alpha value is -2.24. The van der Waals surface area contributed by atoms with Crippen molar-refractivity contribution < 1.29 is 14.7 Å². The lowest BCUT2D eigenvalue weighted by atomic mass is 9.96. The summed E-state index contributed by atoms with van der Waals surface area (Å²) in [6.45, 7) is 3.95. The van der Waals surface area contributed by atoms with Crippen molar-refractivity contribution in [2.75, 3.05) is 30.3 Å². The van der Waals surface area contributed by atoms with Crippen LogP contribution in [-0.2, 0) is 4.79 Å². The number of hydrogen-bond donors (Lipinski definition) is 3. The van der Waals surface area contributed by atoms with Gasteiger partial charge in [-0.25, -0.2) is 4.79 Å². The number of carbonyl (C=O) groups excluding carboxylic acids is 1. The third-order valence-electron chi connectivity index (χ3n) is 3.89. The Kier molecular flexibility index (Phi) is 4.67. The molecule has 1 aliphatic rings. The minimum atomic E-state index is -1.00. The van der Waals surface area contributed by atoms with E-state index in [4.69, 9.17) is 10.8 Å². The summed E-state index contributed by atoms with van der Waals surface area (Å²) in [6, 6.07) is 5.13. The maximum Gasteiger partial charge on any atom is 0.337 e. The SMILES string of the molecule is CC(=O)NCC1CCN(c2ccc(N)c(C(=O)O)c2)CC1. The van der Waals surface area contributed by atoms with Crippen LogP contribution in [-0.4, -0.2) is 36.6 Å². The lowest BCUT2D eigenvalue weighted by Crippen LogP contribution is -2.38. The summed E-state index contributed by atoms with van der Waals surface area (Å²) in [5.41, 5.74) is 6.99. The third kappa shape index (κ3) is 3.87. The Morgan fingerprint density at radius 3 is 2.62 bits per heavy atom. The molecule has 1 heterocycles. The Bertz CT molecular complexity index is 537. The number of hydrogen-bond acceptors (Lipinski definition) is 4. The predicted molar refractivity (Wildman–Crippen MR) is 81.4 cm³/mol. The van der Waals surface area contributed by atoms with Gasteiger partial charge < -0.3 is 21.1 Å². The number of anilines is 2. The van der Waals surface area contributed by atoms with Gasteiger partial charge in [0, 0.05) is 37.9 Å². The fourth-order valence-electron chi connectivity index (χ4n) is 2.61. The van der Waals surface area contributed by atoms with Crippen LogP contribution in [0.3, 0.4) is 0 Å². The molecule has 6 nitrogen and oxygen atoms in total. The highest BCUT2D eigenvalue weighted by molar-refractivity contribution is 5.94. The van der Waals surface area contributed by atoms with Gasteiger partial charge in [-0.05, 0) is 37.0 Å². The number of nitrogens with two attached hydrogens (primary N) is 1. The Labute approximate surface area is 123 Å². The molecule has 1 aliphatic heterocycles. The normalized spacial score (nSPS) is 15.8. The molecule has 1 fully saturated rings. The van der Waals surface area contributed by atoms with E-state index >= 15 is 0 Å². The van der Waals surface area contributed by atoms with Crippen molar-refractivity contribution in [1.82, 2.24) is 5.32 Å². The van der Waals surface area contributed by atoms with Gasteiger partial charge in [-0.15, -0.1) is 0 Å². The number of nitrogens with one attached hydrogen (secondary N) is 1. The van der Waals surface area contributed by atoms with Crippen LogP contribution in [0.1, 0.15) is 30.1 Å². The van der Waals surface area contributed by atoms with Crippen LogP contribution in [0.5, 0.6) is 0 Å². The molecule has 6 heteroatoms. The summed E-state index contributed by atoms with van der Waals surface area (Å²) in [5.74, 6) is -0.519. The van der Waals surface area contributed by atoms with Crippen molar-refractivity contribution in [2.45, 2.75) is 19.8 Å². The number of carboxylic acids is 1. The highest BCUT2D eigenvalue weighted by Gasteiger charge is 2.20. The van der Waals surface area contributed by atoms with Crippen LogP contribution < -0.4 is 16.0 Å². The summed E-state index contributed by atoms with van der Waals surface area (Å²) >= 11 is 0. The molecule has 1 aromatic carbocycles. The van der Waals surface area contributed by atoms with Crippen LogP contribution in [0.4, 0.5) is 11.4 Å². The highest BCUT2D eigenvalue weighted by Crippen LogP contribution is 2.26. The molecule has 1 aromatic rings. The van der Waals surface area contributed by atoms with Crippen LogP contribution in [0.25, 0.3) is 0 Å². The minimum absolute atomic E-state index is 0.00191. The van der Waals surface area contributed by atoms with E-state index in [0.717, 1.165) is 31.6 Å². The zero-order valence-corrected chi connectivity index (χ0v) is 12.1. The van der Waals surface area contributed by atoms with Gasteiger partial charge in [-0.1, -0.05) is 0 Å². The van der Waals surface area contributed by atoms with Gasteiger partial charge in [0.25, 0.3) is 0 Å². The molecule has 0 aliphatic carbocycles. The number of carboxylic acid groups (broad SMARTS) is 1. The Morgan fingerprint density at radius 1 is 1.38 bits per heavy atom. The molecular weight excluding hydrogens is 270 g/mol. The van der Waals surface area contributed by atoms with E-state index in [1.54, 1.807) is 12.1 Å². The summed E-state index contributed by atoms with van der Waals surface area (Å²) in [7, 11) is 0. The smallest absolute Gasteiger partial charge is 0.337 e. The molecular formula is C15H21N3O3. The van der Waals surface area contributed by atoms with Gasteiger partial charge >= 0.3 is 5.97 Å². The van der Waals surface area contributed by atoms with Crippen molar-refractivity contribution >= 4 is 23.3 Å². The highest BCUT2D eigenvalue weighted by atomic mass is 16.4. The first-order chi connectivity index (χ1) is 9.97. The number of rotatable bonds is 4. The van der Waals surface area contributed by atoms with Gasteiger partial charge in [0.1, 0.15) is 0 Å². The van der Waals surface area contributed by atoms with Crippen molar-refractivity contribution in [2.24, 2.45) is 5.92 Å². The molecule has 114 valence electrons. The van der Waals surface area contributed by atoms with Crippen molar-refractivity contribution in [3.63, 3.8) is 0 Å². The summed E-state index contributed by atoms with van der Waals surface area (Å²) < 4.78 is 0. The number of nitrogen functional groups attached to an aromatic ring is 1. The van der Waals surface area contributed by atoms with Crippen molar-refractivity contribution in [3.05, 3.63) is 23.8 Å². The summed E-state index contributed by atoms with van der Waals surface area (Å²) in [5, 5.41) is 12.0. The topological polar surface area (TPSA) is 95.7 Å². The van der Waals surface area contributed by atoms with Gasteiger partial charge in [0.05, 0.1) is 5.56 Å². The van der Waals surface area contributed by atoms with Crippen molar-refractivity contribution in [1.29, 1.82) is 0 Å². The van der Waals surface area contributed by atoms with Gasteiger partial charge in [-0.2, -0.15) is 0 Å². The number of piperidine rings is 1. The van der Waals surface area contributed by atoms with E-state index in [9.17, 15) is 9.59 Å². The van der Waals surface area contributed by atoms with E-state index in [2.05, 4.69) is 10.2 Å². The monoisotopic (exact) mass is 291 g/mol. The largest absolute Gasteiger partial charge is 0.478 e. The molecule has 0 atom stereocenters. The second-order valence-electron chi connectivity index (χ2n) is 5.44. The molecule has 0 spiro atoms. The average molecular weight is 291 g/mol. The predicted octanol–water partition coefficient (Wildman–Crippen LogP) is 1.32. The molecule has 1 amide bonds. The zero-order valence-electron chi connectivity index (χ0n) is 12.1. The minimum Gasteiger partial charge on any atom is -0.478 e. The van der Waals surface area contributed by atoms with E-state index in [-0.39, 0.29) is 17.2 Å². The van der Waals surface area contributed by atoms with Crippen LogP contribution in [0, 0.1) is 5.92 Å². The molecule has 4 N–H and O–H groups in total. The molecule has 0 saturated carbocycles. The summed E-state index contributed by atoms with van der Waals surface area (Å²) in [6.07, 6.45) is 1.96. The van der Waals surface area contributed by atoms with Crippen LogP contribution in [0.15, 0.2) is 18.2 Å². The Balaban J connectivity index is 1.97. The number of nitrogens with zero attached hydrogens (tertiary/aromatic N) is 1. The fraction of sp³-hybridized carbons (Fsp3) is 0.467. The van der Waals surface area contributed by atoms with Crippen LogP contribution in [0.2, 0.25) is 0 Å². The first-order valence-corrected chi connectivity index (χ1v) is 7.09. The average Bonchev–Trinajstić information content (AvgIpc) is 2.46. The molecule has 0 unspecified atom stereocenters. The number of benzene rings is 1. The van der Waals surface area contributed by atoms with Crippen LogP contribution >= 0.6 is 0 Å². The molecule has 2 rings (SSSR count). The molecule has 21 heavy (non-hydrogen) atoms. The lowest BCUT2D eigenvalue weighted by molar-refractivity contribution is -0.119. The van der Waals surface area contributed by atoms with E-state index in [1.807, 2.05) is 6.07 Å². The zero-order chi connectivity index (χ0) is 15.4. The fourth-order valence-corrected chi connectivity index (χ4v) is 2.61. The summed E-state index contributed by atoms with van der Waals surface area (Å²) in [4.78, 5) is 24.2. The number of carbonyl (C=O) groups is 2. The number of aromatic carboxylic acids is 1. The molecule has 0 radical (unpaired) electrons. The molecule has 1 saturated heterocycles. The first kappa shape index (κ1) is 15.2. The van der Waals surface area contributed by atoms with E-state index < -0.39 is 5.97 Å². The second-order valence-corrected chi connectivity index (χ2v) is 5.44. The lowest BCUT2D eigenvalue weighted by Gasteiger charge is -2.33. The van der Waals surface area contributed by atoms with E-state index in [0.29, 0.717) is 12.5 Å². The maximum atomic E-state index is 11.1. The first-order valence-electron chi connectivity index (χ1n) is 7.09. The molecule has 0 bridgehead atoms. The third-order valence-corrected chi connectivity index (χ3v) is 3.89. The molecule has 0 aromatic heterocycles. The van der Waals surface area contributed by atoms with Gasteiger partial charge in [0.2, 0.25) is 5.91 Å².